The number of benzene rings is 1. The van der Waals surface area contributed by atoms with E-state index in [1.54, 1.807) is 12.1 Å². The molecule has 8 heteroatoms. The molecule has 0 spiro atoms. The summed E-state index contributed by atoms with van der Waals surface area (Å²) in [5.41, 5.74) is 0.245. The zero-order valence-corrected chi connectivity index (χ0v) is 11.3. The monoisotopic (exact) mass is 302 g/mol. The summed E-state index contributed by atoms with van der Waals surface area (Å²) in [7, 11) is -4.14. The minimum atomic E-state index is -4.14. The Labute approximate surface area is 116 Å². The maximum atomic E-state index is 11.7. The fraction of sp³-hybridized carbons (Fsp3) is 0.417. The van der Waals surface area contributed by atoms with E-state index in [0.717, 1.165) is 0 Å². The van der Waals surface area contributed by atoms with Gasteiger partial charge in [-0.15, -0.1) is 0 Å². The molecule has 110 valence electrons. The smallest absolute Gasteiger partial charge is 0.338 e. The molecule has 1 heterocycles. The predicted molar refractivity (Wildman–Crippen MR) is 68.4 cm³/mol. The van der Waals surface area contributed by atoms with Crippen LogP contribution in [0.1, 0.15) is 10.4 Å². The average Bonchev–Trinajstić information content (AvgIpc) is 3.19. The van der Waals surface area contributed by atoms with Crippen LogP contribution in [0.2, 0.25) is 0 Å². The third kappa shape index (κ3) is 5.16. The van der Waals surface area contributed by atoms with Crippen LogP contribution in [0.15, 0.2) is 24.3 Å². The summed E-state index contributed by atoms with van der Waals surface area (Å²) in [6.07, 6.45) is 0.111. The van der Waals surface area contributed by atoms with Gasteiger partial charge in [0, 0.05) is 0 Å². The van der Waals surface area contributed by atoms with Gasteiger partial charge < -0.3 is 14.2 Å². The van der Waals surface area contributed by atoms with Gasteiger partial charge in [-0.3, -0.25) is 4.55 Å². The second-order valence-corrected chi connectivity index (χ2v) is 5.79. The van der Waals surface area contributed by atoms with E-state index in [2.05, 4.69) is 0 Å². The Morgan fingerprint density at radius 2 is 2.20 bits per heavy atom. The molecule has 2 rings (SSSR count). The molecular formula is C12H14O7S. The number of carbonyl (C=O) groups excluding carboxylic acids is 1. The van der Waals surface area contributed by atoms with Crippen LogP contribution in [0, 0.1) is 0 Å². The Morgan fingerprint density at radius 1 is 1.45 bits per heavy atom. The van der Waals surface area contributed by atoms with Crippen LogP contribution in [0.4, 0.5) is 0 Å². The van der Waals surface area contributed by atoms with Gasteiger partial charge in [-0.05, 0) is 18.2 Å². The zero-order valence-electron chi connectivity index (χ0n) is 10.5. The molecule has 0 amide bonds. The highest BCUT2D eigenvalue weighted by Crippen LogP contribution is 2.17. The first kappa shape index (κ1) is 14.8. The quantitative estimate of drug-likeness (QED) is 0.444. The van der Waals surface area contributed by atoms with Crippen molar-refractivity contribution in [1.29, 1.82) is 0 Å². The van der Waals surface area contributed by atoms with Crippen LogP contribution < -0.4 is 4.74 Å². The molecule has 1 aliphatic heterocycles. The van der Waals surface area contributed by atoms with Gasteiger partial charge in [0.25, 0.3) is 10.1 Å². The predicted octanol–water partition coefficient (Wildman–Crippen LogP) is 0.509. The van der Waals surface area contributed by atoms with E-state index in [1.165, 1.54) is 12.1 Å². The maximum Gasteiger partial charge on any atom is 0.338 e. The van der Waals surface area contributed by atoms with Gasteiger partial charge in [-0.25, -0.2) is 4.79 Å². The van der Waals surface area contributed by atoms with Crippen molar-refractivity contribution in [2.75, 3.05) is 25.6 Å². The van der Waals surface area contributed by atoms with Crippen LogP contribution >= 0.6 is 0 Å². The lowest BCUT2D eigenvalue weighted by molar-refractivity contribution is 0.0527. The van der Waals surface area contributed by atoms with Crippen molar-refractivity contribution in [3.8, 4) is 5.75 Å². The summed E-state index contributed by atoms with van der Waals surface area (Å²) in [6.45, 7) is 0.692. The summed E-state index contributed by atoms with van der Waals surface area (Å²) in [4.78, 5) is 11.7. The molecule has 1 aromatic rings. The lowest BCUT2D eigenvalue weighted by Crippen LogP contribution is -2.14. The number of epoxide rings is 1. The normalized spacial score (nSPS) is 17.6. The van der Waals surface area contributed by atoms with Gasteiger partial charge in [0.05, 0.1) is 12.2 Å². The van der Waals surface area contributed by atoms with Crippen molar-refractivity contribution in [2.24, 2.45) is 0 Å². The minimum Gasteiger partial charge on any atom is -0.491 e. The highest BCUT2D eigenvalue weighted by atomic mass is 32.2. The molecular weight excluding hydrogens is 288 g/mol. The Kier molecular flexibility index (Phi) is 4.58. The summed E-state index contributed by atoms with van der Waals surface area (Å²) in [6, 6.07) is 6.34. The van der Waals surface area contributed by atoms with Gasteiger partial charge in [0.2, 0.25) is 0 Å². The summed E-state index contributed by atoms with van der Waals surface area (Å²) >= 11 is 0. The highest BCUT2D eigenvalue weighted by Gasteiger charge is 2.23. The van der Waals surface area contributed by atoms with E-state index >= 15 is 0 Å². The molecule has 7 nitrogen and oxygen atoms in total. The number of carbonyl (C=O) groups is 1. The Hall–Kier alpha value is -1.64. The molecule has 20 heavy (non-hydrogen) atoms. The molecule has 0 bridgehead atoms. The SMILES string of the molecule is O=C(OCCS(=O)(=O)O)c1cccc(OCC2CO2)c1. The molecule has 0 radical (unpaired) electrons. The Balaban J connectivity index is 1.86. The lowest BCUT2D eigenvalue weighted by atomic mass is 10.2. The van der Waals surface area contributed by atoms with Crippen molar-refractivity contribution >= 4 is 16.1 Å². The van der Waals surface area contributed by atoms with E-state index in [1.807, 2.05) is 0 Å². The van der Waals surface area contributed by atoms with E-state index < -0.39 is 28.4 Å². The van der Waals surface area contributed by atoms with E-state index in [0.29, 0.717) is 19.0 Å². The first-order valence-corrected chi connectivity index (χ1v) is 7.52. The van der Waals surface area contributed by atoms with Gasteiger partial charge >= 0.3 is 5.97 Å². The third-order valence-corrected chi connectivity index (χ3v) is 3.17. The maximum absolute atomic E-state index is 11.7. The van der Waals surface area contributed by atoms with E-state index in [-0.39, 0.29) is 11.7 Å². The summed E-state index contributed by atoms with van der Waals surface area (Å²) in [5, 5.41) is 0. The van der Waals surface area contributed by atoms with Crippen molar-refractivity contribution in [3.63, 3.8) is 0 Å². The second kappa shape index (κ2) is 6.21. The summed E-state index contributed by atoms with van der Waals surface area (Å²) in [5.74, 6) is -0.806. The molecule has 0 aromatic heterocycles. The highest BCUT2D eigenvalue weighted by molar-refractivity contribution is 7.85. The van der Waals surface area contributed by atoms with Crippen molar-refractivity contribution in [2.45, 2.75) is 6.10 Å². The number of esters is 1. The molecule has 1 unspecified atom stereocenters. The van der Waals surface area contributed by atoms with Gasteiger partial charge in [0.1, 0.15) is 30.8 Å². The average molecular weight is 302 g/mol. The van der Waals surface area contributed by atoms with Crippen molar-refractivity contribution in [3.05, 3.63) is 29.8 Å². The van der Waals surface area contributed by atoms with Crippen LogP contribution in [0.3, 0.4) is 0 Å². The number of ether oxygens (including phenoxy) is 3. The standard InChI is InChI=1S/C12H14O7S/c13-12(17-4-5-20(14,15)16)9-2-1-3-10(6-9)18-7-11-8-19-11/h1-3,6,11H,4-5,7-8H2,(H,14,15,16). The first-order chi connectivity index (χ1) is 9.44. The van der Waals surface area contributed by atoms with Crippen molar-refractivity contribution < 1.29 is 32.0 Å². The van der Waals surface area contributed by atoms with Crippen LogP contribution in [0.5, 0.6) is 5.75 Å². The lowest BCUT2D eigenvalue weighted by Gasteiger charge is -2.07. The Morgan fingerprint density at radius 3 is 2.85 bits per heavy atom. The Bertz CT molecular complexity index is 577. The zero-order chi connectivity index (χ0) is 14.6. The number of rotatable bonds is 7. The minimum absolute atomic E-state index is 0.111. The number of hydrogen-bond donors (Lipinski definition) is 1. The molecule has 1 fully saturated rings. The molecule has 0 aliphatic carbocycles. The largest absolute Gasteiger partial charge is 0.491 e. The third-order valence-electron chi connectivity index (χ3n) is 2.48. The fourth-order valence-corrected chi connectivity index (χ4v) is 1.68. The van der Waals surface area contributed by atoms with Crippen molar-refractivity contribution in [1.82, 2.24) is 0 Å². The molecule has 1 atom stereocenters. The summed E-state index contributed by atoms with van der Waals surface area (Å²) < 4.78 is 44.6. The van der Waals surface area contributed by atoms with E-state index in [9.17, 15) is 13.2 Å². The fourth-order valence-electron chi connectivity index (χ4n) is 1.39. The van der Waals surface area contributed by atoms with Gasteiger partial charge in [-0.2, -0.15) is 8.42 Å². The molecule has 0 saturated carbocycles. The van der Waals surface area contributed by atoms with Crippen LogP contribution in [-0.4, -0.2) is 50.6 Å². The number of hydrogen-bond acceptors (Lipinski definition) is 6. The molecule has 1 N–H and O–H groups in total. The molecule has 1 aromatic carbocycles. The second-order valence-electron chi connectivity index (χ2n) is 4.22. The van der Waals surface area contributed by atoms with Crippen LogP contribution in [0.25, 0.3) is 0 Å². The topological polar surface area (TPSA) is 102 Å². The molecule has 1 saturated heterocycles. The van der Waals surface area contributed by atoms with Gasteiger partial charge in [0.15, 0.2) is 0 Å². The first-order valence-electron chi connectivity index (χ1n) is 5.91. The van der Waals surface area contributed by atoms with Gasteiger partial charge in [-0.1, -0.05) is 6.07 Å². The van der Waals surface area contributed by atoms with Crippen LogP contribution in [-0.2, 0) is 19.6 Å². The van der Waals surface area contributed by atoms with E-state index in [4.69, 9.17) is 18.8 Å². The molecule has 1 aliphatic rings.